The van der Waals surface area contributed by atoms with Crippen molar-refractivity contribution in [2.45, 2.75) is 32.5 Å². The molecule has 1 fully saturated rings. The van der Waals surface area contributed by atoms with E-state index in [0.717, 1.165) is 4.52 Å². The van der Waals surface area contributed by atoms with Gasteiger partial charge in [-0.2, -0.15) is 22.7 Å². The summed E-state index contributed by atoms with van der Waals surface area (Å²) in [6.07, 6.45) is -1.74. The minimum atomic E-state index is -4.67. The summed E-state index contributed by atoms with van der Waals surface area (Å²) in [4.78, 5) is 26.4. The van der Waals surface area contributed by atoms with Crippen LogP contribution in [0, 0.1) is 5.92 Å². The number of amides is 1. The van der Waals surface area contributed by atoms with Crippen LogP contribution in [0.1, 0.15) is 31.3 Å². The molecule has 0 bridgehead atoms. The molecule has 1 aliphatic rings. The number of carbonyl (C=O) groups excluding carboxylic acids is 1. The summed E-state index contributed by atoms with van der Waals surface area (Å²) in [6, 6.07) is 6.89. The van der Waals surface area contributed by atoms with Crippen molar-refractivity contribution in [1.29, 1.82) is 0 Å². The molecule has 1 aliphatic heterocycles. The standard InChI is InChI=1S/C20H22F3N7O2/c1-2-32-16-11-14(25-19-27-18(20(21,22)23)28-30(16)19)12-29-9-6-13(7-10-29)17(31)26-15-5-3-4-8-24-15/h3-5,8,11,13H,2,6-7,9-10,12H2,1H3,(H,24,26,31). The van der Waals surface area contributed by atoms with Gasteiger partial charge in [0.05, 0.1) is 12.3 Å². The van der Waals surface area contributed by atoms with Crippen molar-refractivity contribution in [3.8, 4) is 5.88 Å². The fourth-order valence-electron chi connectivity index (χ4n) is 3.59. The van der Waals surface area contributed by atoms with Crippen LogP contribution in [0.2, 0.25) is 0 Å². The predicted molar refractivity (Wildman–Crippen MR) is 108 cm³/mol. The van der Waals surface area contributed by atoms with E-state index in [1.54, 1.807) is 37.4 Å². The molecule has 9 nitrogen and oxygen atoms in total. The number of hydrogen-bond acceptors (Lipinski definition) is 7. The third-order valence-electron chi connectivity index (χ3n) is 5.14. The molecule has 12 heteroatoms. The maximum absolute atomic E-state index is 13.0. The molecule has 4 rings (SSSR count). The van der Waals surface area contributed by atoms with E-state index in [4.69, 9.17) is 4.74 Å². The lowest BCUT2D eigenvalue weighted by atomic mass is 9.96. The van der Waals surface area contributed by atoms with Gasteiger partial charge in [-0.25, -0.2) is 9.97 Å². The van der Waals surface area contributed by atoms with Crippen LogP contribution in [0.5, 0.6) is 5.88 Å². The quantitative estimate of drug-likeness (QED) is 0.618. The lowest BCUT2D eigenvalue weighted by Gasteiger charge is -2.30. The summed E-state index contributed by atoms with van der Waals surface area (Å²) >= 11 is 0. The van der Waals surface area contributed by atoms with Crippen molar-refractivity contribution in [2.24, 2.45) is 5.92 Å². The first-order valence-electron chi connectivity index (χ1n) is 10.2. The number of piperidine rings is 1. The van der Waals surface area contributed by atoms with Crippen molar-refractivity contribution in [3.05, 3.63) is 42.0 Å². The van der Waals surface area contributed by atoms with Crippen LogP contribution in [0.4, 0.5) is 19.0 Å². The minimum Gasteiger partial charge on any atom is -0.478 e. The van der Waals surface area contributed by atoms with Crippen LogP contribution in [0.3, 0.4) is 0 Å². The van der Waals surface area contributed by atoms with Crippen molar-refractivity contribution in [3.63, 3.8) is 0 Å². The van der Waals surface area contributed by atoms with Crippen molar-refractivity contribution in [2.75, 3.05) is 25.0 Å². The van der Waals surface area contributed by atoms with Crippen LogP contribution in [-0.4, -0.2) is 55.1 Å². The lowest BCUT2D eigenvalue weighted by Crippen LogP contribution is -2.38. The molecule has 0 radical (unpaired) electrons. The topological polar surface area (TPSA) is 97.5 Å². The van der Waals surface area contributed by atoms with E-state index in [-0.39, 0.29) is 30.1 Å². The van der Waals surface area contributed by atoms with Gasteiger partial charge in [-0.15, -0.1) is 5.10 Å². The molecular weight excluding hydrogens is 427 g/mol. The Bertz CT molecular complexity index is 1080. The zero-order valence-electron chi connectivity index (χ0n) is 17.3. The molecule has 0 unspecified atom stereocenters. The maximum atomic E-state index is 13.0. The second-order valence-electron chi connectivity index (χ2n) is 7.42. The second-order valence-corrected chi connectivity index (χ2v) is 7.42. The van der Waals surface area contributed by atoms with Gasteiger partial charge in [0.25, 0.3) is 11.6 Å². The number of carbonyl (C=O) groups is 1. The molecule has 170 valence electrons. The number of alkyl halides is 3. The van der Waals surface area contributed by atoms with Gasteiger partial charge >= 0.3 is 6.18 Å². The Morgan fingerprint density at radius 2 is 2.03 bits per heavy atom. The number of nitrogens with zero attached hydrogens (tertiary/aromatic N) is 6. The molecule has 3 aromatic heterocycles. The summed E-state index contributed by atoms with van der Waals surface area (Å²) in [5.41, 5.74) is 0.526. The van der Waals surface area contributed by atoms with E-state index in [0.29, 0.717) is 44.0 Å². The fraction of sp³-hybridized carbons (Fsp3) is 0.450. The van der Waals surface area contributed by atoms with Gasteiger partial charge < -0.3 is 10.1 Å². The molecule has 0 aromatic carbocycles. The Labute approximate surface area is 181 Å². The Balaban J connectivity index is 1.42. The van der Waals surface area contributed by atoms with E-state index in [1.807, 2.05) is 0 Å². The molecule has 1 N–H and O–H groups in total. The molecule has 1 amide bonds. The third-order valence-corrected chi connectivity index (χ3v) is 5.14. The van der Waals surface area contributed by atoms with Gasteiger partial charge in [-0.05, 0) is 45.0 Å². The minimum absolute atomic E-state index is 0.0651. The van der Waals surface area contributed by atoms with E-state index >= 15 is 0 Å². The highest BCUT2D eigenvalue weighted by Crippen LogP contribution is 2.28. The molecule has 3 aromatic rings. The number of pyridine rings is 1. The van der Waals surface area contributed by atoms with Gasteiger partial charge in [0.1, 0.15) is 5.82 Å². The number of fused-ring (bicyclic) bond motifs is 1. The first kappa shape index (κ1) is 21.9. The SMILES string of the molecule is CCOc1cc(CN2CCC(C(=O)Nc3ccccn3)CC2)nc2nc(C(F)(F)F)nn12. The number of aromatic nitrogens is 5. The first-order chi connectivity index (χ1) is 15.3. The fourth-order valence-corrected chi connectivity index (χ4v) is 3.59. The van der Waals surface area contributed by atoms with Crippen LogP contribution in [0.25, 0.3) is 5.78 Å². The van der Waals surface area contributed by atoms with Crippen molar-refractivity contribution < 1.29 is 22.7 Å². The number of halogens is 3. The van der Waals surface area contributed by atoms with Crippen LogP contribution < -0.4 is 10.1 Å². The molecule has 4 heterocycles. The number of nitrogens with one attached hydrogen (secondary N) is 1. The zero-order chi connectivity index (χ0) is 22.7. The Hall–Kier alpha value is -3.28. The largest absolute Gasteiger partial charge is 0.478 e. The van der Waals surface area contributed by atoms with Crippen molar-refractivity contribution >= 4 is 17.5 Å². The van der Waals surface area contributed by atoms with E-state index in [2.05, 4.69) is 30.3 Å². The summed E-state index contributed by atoms with van der Waals surface area (Å²) in [7, 11) is 0. The smallest absolute Gasteiger partial charge is 0.453 e. The number of likely N-dealkylation sites (tertiary alicyclic amines) is 1. The predicted octanol–water partition coefficient (Wildman–Crippen LogP) is 2.79. The molecule has 0 saturated carbocycles. The molecule has 32 heavy (non-hydrogen) atoms. The maximum Gasteiger partial charge on any atom is 0.453 e. The normalized spacial score (nSPS) is 15.8. The van der Waals surface area contributed by atoms with Gasteiger partial charge in [0.2, 0.25) is 11.8 Å². The highest BCUT2D eigenvalue weighted by Gasteiger charge is 2.37. The van der Waals surface area contributed by atoms with Gasteiger partial charge in [-0.3, -0.25) is 9.69 Å². The summed E-state index contributed by atoms with van der Waals surface area (Å²) in [5.74, 6) is -0.948. The number of anilines is 1. The second kappa shape index (κ2) is 9.07. The van der Waals surface area contributed by atoms with E-state index in [1.165, 1.54) is 0 Å². The first-order valence-corrected chi connectivity index (χ1v) is 10.2. The monoisotopic (exact) mass is 449 g/mol. The molecule has 0 atom stereocenters. The molecule has 0 spiro atoms. The Kier molecular flexibility index (Phi) is 6.21. The van der Waals surface area contributed by atoms with E-state index in [9.17, 15) is 18.0 Å². The Morgan fingerprint density at radius 3 is 2.69 bits per heavy atom. The Morgan fingerprint density at radius 1 is 1.25 bits per heavy atom. The summed E-state index contributed by atoms with van der Waals surface area (Å²) in [5, 5.41) is 6.31. The van der Waals surface area contributed by atoms with Crippen molar-refractivity contribution in [1.82, 2.24) is 29.5 Å². The highest BCUT2D eigenvalue weighted by atomic mass is 19.4. The zero-order valence-corrected chi connectivity index (χ0v) is 17.3. The lowest BCUT2D eigenvalue weighted by molar-refractivity contribution is -0.144. The third kappa shape index (κ3) is 4.96. The number of ether oxygens (including phenoxy) is 1. The van der Waals surface area contributed by atoms with Crippen LogP contribution >= 0.6 is 0 Å². The average molecular weight is 449 g/mol. The highest BCUT2D eigenvalue weighted by molar-refractivity contribution is 5.91. The number of rotatable bonds is 6. The van der Waals surface area contributed by atoms with Gasteiger partial charge in [0.15, 0.2) is 0 Å². The molecule has 0 aliphatic carbocycles. The van der Waals surface area contributed by atoms with Gasteiger partial charge in [0, 0.05) is 24.7 Å². The average Bonchev–Trinajstić information content (AvgIpc) is 3.20. The number of hydrogen-bond donors (Lipinski definition) is 1. The van der Waals surface area contributed by atoms with Crippen LogP contribution in [0.15, 0.2) is 30.5 Å². The van der Waals surface area contributed by atoms with E-state index < -0.39 is 12.0 Å². The van der Waals surface area contributed by atoms with Crippen LogP contribution in [-0.2, 0) is 17.5 Å². The molecular formula is C20H22F3N7O2. The summed E-state index contributed by atoms with van der Waals surface area (Å²) < 4.78 is 45.4. The summed E-state index contributed by atoms with van der Waals surface area (Å²) in [6.45, 7) is 3.69. The molecule has 1 saturated heterocycles. The van der Waals surface area contributed by atoms with Gasteiger partial charge in [-0.1, -0.05) is 6.07 Å².